The summed E-state index contributed by atoms with van der Waals surface area (Å²) in [7, 11) is 1.59. The van der Waals surface area contributed by atoms with Crippen molar-refractivity contribution in [1.82, 2.24) is 4.98 Å². The molecule has 0 spiro atoms. The maximum absolute atomic E-state index is 11.9. The van der Waals surface area contributed by atoms with Gasteiger partial charge in [-0.25, -0.2) is 4.98 Å². The summed E-state index contributed by atoms with van der Waals surface area (Å²) in [4.78, 5) is 16.1. The highest BCUT2D eigenvalue weighted by Crippen LogP contribution is 2.17. The van der Waals surface area contributed by atoms with Crippen molar-refractivity contribution in [3.05, 3.63) is 40.3 Å². The second kappa shape index (κ2) is 6.54. The Labute approximate surface area is 120 Å². The van der Waals surface area contributed by atoms with Crippen LogP contribution in [-0.4, -0.2) is 18.0 Å². The van der Waals surface area contributed by atoms with Gasteiger partial charge in [-0.1, -0.05) is 6.07 Å². The molecule has 19 heavy (non-hydrogen) atoms. The summed E-state index contributed by atoms with van der Waals surface area (Å²) in [6.45, 7) is 0. The molecule has 0 aliphatic carbocycles. The summed E-state index contributed by atoms with van der Waals surface area (Å²) in [6.07, 6.45) is 0.249. The summed E-state index contributed by atoms with van der Waals surface area (Å²) >= 11 is 7.11. The Morgan fingerprint density at radius 1 is 1.53 bits per heavy atom. The molecule has 2 rings (SSSR count). The number of halogens is 1. The molecule has 1 aromatic heterocycles. The molecule has 0 bridgehead atoms. The Bertz CT molecular complexity index is 571. The molecule has 2 aromatic rings. The normalized spacial score (nSPS) is 10.2. The van der Waals surface area contributed by atoms with Gasteiger partial charge in [-0.3, -0.25) is 4.79 Å². The Hall–Kier alpha value is -1.59. The molecule has 1 heterocycles. The lowest BCUT2D eigenvalue weighted by atomic mass is 10.3. The van der Waals surface area contributed by atoms with Crippen LogP contribution in [0.1, 0.15) is 10.7 Å². The van der Waals surface area contributed by atoms with Gasteiger partial charge in [0.05, 0.1) is 25.1 Å². The SMILES string of the molecule is COc1cccc(NC(=O)Cc2nc(CCl)cs2)c1. The van der Waals surface area contributed by atoms with Gasteiger partial charge in [-0.05, 0) is 12.1 Å². The first-order chi connectivity index (χ1) is 9.21. The van der Waals surface area contributed by atoms with Crippen molar-refractivity contribution in [1.29, 1.82) is 0 Å². The first kappa shape index (κ1) is 13.8. The van der Waals surface area contributed by atoms with E-state index in [2.05, 4.69) is 10.3 Å². The van der Waals surface area contributed by atoms with Gasteiger partial charge in [0.25, 0.3) is 0 Å². The van der Waals surface area contributed by atoms with Crippen LogP contribution in [0.4, 0.5) is 5.69 Å². The van der Waals surface area contributed by atoms with Crippen molar-refractivity contribution in [2.75, 3.05) is 12.4 Å². The second-order valence-electron chi connectivity index (χ2n) is 3.82. The van der Waals surface area contributed by atoms with Gasteiger partial charge in [0, 0.05) is 17.1 Å². The lowest BCUT2D eigenvalue weighted by Gasteiger charge is -2.05. The minimum absolute atomic E-state index is 0.108. The van der Waals surface area contributed by atoms with Crippen molar-refractivity contribution in [2.24, 2.45) is 0 Å². The molecule has 0 aliphatic rings. The van der Waals surface area contributed by atoms with E-state index in [9.17, 15) is 4.79 Å². The lowest BCUT2D eigenvalue weighted by Crippen LogP contribution is -2.14. The van der Waals surface area contributed by atoms with Crippen LogP contribution in [0, 0.1) is 0 Å². The number of aromatic nitrogens is 1. The third-order valence-corrected chi connectivity index (χ3v) is 3.57. The van der Waals surface area contributed by atoms with Crippen LogP contribution in [0.5, 0.6) is 5.75 Å². The van der Waals surface area contributed by atoms with Gasteiger partial charge in [-0.2, -0.15) is 0 Å². The van der Waals surface area contributed by atoms with E-state index in [1.54, 1.807) is 13.2 Å². The topological polar surface area (TPSA) is 51.2 Å². The number of alkyl halides is 1. The molecule has 1 N–H and O–H groups in total. The van der Waals surface area contributed by atoms with E-state index < -0.39 is 0 Å². The molecule has 6 heteroatoms. The molecule has 0 radical (unpaired) electrons. The predicted molar refractivity (Wildman–Crippen MR) is 77.0 cm³/mol. The van der Waals surface area contributed by atoms with Crippen LogP contribution >= 0.6 is 22.9 Å². The molecule has 0 fully saturated rings. The van der Waals surface area contributed by atoms with E-state index in [1.165, 1.54) is 11.3 Å². The van der Waals surface area contributed by atoms with E-state index in [0.717, 1.165) is 10.7 Å². The third kappa shape index (κ3) is 3.94. The highest BCUT2D eigenvalue weighted by Gasteiger charge is 2.08. The van der Waals surface area contributed by atoms with E-state index in [1.807, 2.05) is 23.6 Å². The van der Waals surface area contributed by atoms with Gasteiger partial charge in [-0.15, -0.1) is 22.9 Å². The zero-order chi connectivity index (χ0) is 13.7. The molecule has 0 atom stereocenters. The van der Waals surface area contributed by atoms with E-state index in [-0.39, 0.29) is 12.3 Å². The first-order valence-electron chi connectivity index (χ1n) is 5.64. The second-order valence-corrected chi connectivity index (χ2v) is 5.03. The number of benzene rings is 1. The number of carbonyl (C=O) groups is 1. The van der Waals surface area contributed by atoms with Gasteiger partial charge in [0.2, 0.25) is 5.91 Å². The van der Waals surface area contributed by atoms with Gasteiger partial charge in [0.1, 0.15) is 10.8 Å². The van der Waals surface area contributed by atoms with Gasteiger partial charge >= 0.3 is 0 Å². The summed E-state index contributed by atoms with van der Waals surface area (Å²) in [5, 5.41) is 5.43. The number of methoxy groups -OCH3 is 1. The largest absolute Gasteiger partial charge is 0.497 e. The van der Waals surface area contributed by atoms with Crippen molar-refractivity contribution in [3.63, 3.8) is 0 Å². The van der Waals surface area contributed by atoms with E-state index >= 15 is 0 Å². The molecule has 1 aromatic carbocycles. The zero-order valence-electron chi connectivity index (χ0n) is 10.4. The van der Waals surface area contributed by atoms with Crippen LogP contribution in [0.25, 0.3) is 0 Å². The number of hydrogen-bond donors (Lipinski definition) is 1. The zero-order valence-corrected chi connectivity index (χ0v) is 11.9. The Balaban J connectivity index is 1.96. The first-order valence-corrected chi connectivity index (χ1v) is 7.06. The summed E-state index contributed by atoms with van der Waals surface area (Å²) < 4.78 is 5.10. The van der Waals surface area contributed by atoms with Crippen molar-refractivity contribution in [2.45, 2.75) is 12.3 Å². The average molecular weight is 297 g/mol. The molecule has 4 nitrogen and oxygen atoms in total. The lowest BCUT2D eigenvalue weighted by molar-refractivity contribution is -0.115. The number of ether oxygens (including phenoxy) is 1. The predicted octanol–water partition coefficient (Wildman–Crippen LogP) is 3.07. The van der Waals surface area contributed by atoms with E-state index in [0.29, 0.717) is 17.3 Å². The fourth-order valence-corrected chi connectivity index (χ4v) is 2.56. The number of anilines is 1. The standard InChI is InChI=1S/C13H13ClN2O2S/c1-18-11-4-2-3-9(5-11)15-12(17)6-13-16-10(7-14)8-19-13/h2-5,8H,6-7H2,1H3,(H,15,17). The van der Waals surface area contributed by atoms with Gasteiger partial charge in [0.15, 0.2) is 0 Å². The quantitative estimate of drug-likeness (QED) is 0.863. The Morgan fingerprint density at radius 3 is 3.05 bits per heavy atom. The van der Waals surface area contributed by atoms with Crippen LogP contribution < -0.4 is 10.1 Å². The Morgan fingerprint density at radius 2 is 2.37 bits per heavy atom. The minimum atomic E-state index is -0.108. The summed E-state index contributed by atoms with van der Waals surface area (Å²) in [5.41, 5.74) is 1.51. The van der Waals surface area contributed by atoms with Crippen LogP contribution in [-0.2, 0) is 17.1 Å². The van der Waals surface area contributed by atoms with Gasteiger partial charge < -0.3 is 10.1 Å². The van der Waals surface area contributed by atoms with Crippen LogP contribution in [0.3, 0.4) is 0 Å². The molecular weight excluding hydrogens is 284 g/mol. The molecule has 100 valence electrons. The average Bonchev–Trinajstić information content (AvgIpc) is 2.86. The minimum Gasteiger partial charge on any atom is -0.497 e. The maximum atomic E-state index is 11.9. The number of amides is 1. The van der Waals surface area contributed by atoms with Crippen LogP contribution in [0.15, 0.2) is 29.6 Å². The number of nitrogens with one attached hydrogen (secondary N) is 1. The molecule has 0 saturated carbocycles. The summed E-state index contributed by atoms with van der Waals surface area (Å²) in [5.74, 6) is 0.966. The number of rotatable bonds is 5. The van der Waals surface area contributed by atoms with E-state index in [4.69, 9.17) is 16.3 Å². The number of carbonyl (C=O) groups excluding carboxylic acids is 1. The molecule has 0 unspecified atom stereocenters. The fraction of sp³-hybridized carbons (Fsp3) is 0.231. The summed E-state index contributed by atoms with van der Waals surface area (Å²) in [6, 6.07) is 7.23. The molecule has 1 amide bonds. The molecule has 0 aliphatic heterocycles. The van der Waals surface area contributed by atoms with Crippen molar-refractivity contribution < 1.29 is 9.53 Å². The third-order valence-electron chi connectivity index (χ3n) is 2.40. The monoisotopic (exact) mass is 296 g/mol. The highest BCUT2D eigenvalue weighted by atomic mass is 35.5. The number of hydrogen-bond acceptors (Lipinski definition) is 4. The smallest absolute Gasteiger partial charge is 0.231 e. The fourth-order valence-electron chi connectivity index (χ4n) is 1.53. The Kier molecular flexibility index (Phi) is 4.76. The maximum Gasteiger partial charge on any atom is 0.231 e. The number of nitrogens with zero attached hydrogens (tertiary/aromatic N) is 1. The number of thiazole rings is 1. The molecular formula is C13H13ClN2O2S. The van der Waals surface area contributed by atoms with Crippen molar-refractivity contribution >= 4 is 34.5 Å². The van der Waals surface area contributed by atoms with Crippen LogP contribution in [0.2, 0.25) is 0 Å². The molecule has 0 saturated heterocycles. The van der Waals surface area contributed by atoms with Crippen molar-refractivity contribution in [3.8, 4) is 5.75 Å². The highest BCUT2D eigenvalue weighted by molar-refractivity contribution is 7.09.